The molecule has 1 N–H and O–H groups in total. The maximum Gasteiger partial charge on any atom is 0.293 e. The van der Waals surface area contributed by atoms with Crippen LogP contribution < -0.4 is 15.8 Å². The zero-order valence-corrected chi connectivity index (χ0v) is 12.8. The number of hydrogen-bond donors (Lipinski definition) is 1. The summed E-state index contributed by atoms with van der Waals surface area (Å²) >= 11 is 0. The highest BCUT2D eigenvalue weighted by Crippen LogP contribution is 2.15. The summed E-state index contributed by atoms with van der Waals surface area (Å²) in [5, 5.41) is 3.37. The zero-order chi connectivity index (χ0) is 14.5. The Morgan fingerprint density at radius 2 is 2.35 bits per heavy atom. The molecule has 1 aromatic rings. The van der Waals surface area contributed by atoms with Crippen LogP contribution in [0.2, 0.25) is 0 Å². The lowest BCUT2D eigenvalue weighted by Gasteiger charge is -2.29. The molecule has 1 saturated heterocycles. The minimum absolute atomic E-state index is 0.0431. The largest absolute Gasteiger partial charge is 0.348 e. The molecule has 0 saturated carbocycles. The lowest BCUT2D eigenvalue weighted by atomic mass is 10.2. The normalized spacial score (nSPS) is 18.7. The summed E-state index contributed by atoms with van der Waals surface area (Å²) in [6.07, 6.45) is 5.66. The topological polar surface area (TPSA) is 50.2 Å². The third-order valence-electron chi connectivity index (χ3n) is 3.67. The fraction of sp³-hybridized carbons (Fsp3) is 0.733. The summed E-state index contributed by atoms with van der Waals surface area (Å²) in [6, 6.07) is 0.394. The van der Waals surface area contributed by atoms with Crippen molar-refractivity contribution in [1.29, 1.82) is 0 Å². The van der Waals surface area contributed by atoms with Crippen molar-refractivity contribution in [2.45, 2.75) is 46.2 Å². The third kappa shape index (κ3) is 3.39. The Bertz CT molecular complexity index is 477. The molecule has 1 aromatic heterocycles. The Balaban J connectivity index is 2.30. The monoisotopic (exact) mass is 278 g/mol. The molecule has 0 radical (unpaired) electrons. The Hall–Kier alpha value is -1.36. The Morgan fingerprint density at radius 3 is 2.95 bits per heavy atom. The van der Waals surface area contributed by atoms with E-state index in [-0.39, 0.29) is 5.56 Å². The maximum atomic E-state index is 12.6. The van der Waals surface area contributed by atoms with Crippen LogP contribution in [-0.2, 0) is 6.54 Å². The van der Waals surface area contributed by atoms with Gasteiger partial charge in [-0.3, -0.25) is 4.79 Å². The first-order chi connectivity index (χ1) is 9.63. The van der Waals surface area contributed by atoms with Gasteiger partial charge < -0.3 is 14.8 Å². The van der Waals surface area contributed by atoms with E-state index in [1.165, 1.54) is 0 Å². The molecule has 0 aliphatic carbocycles. The predicted molar refractivity (Wildman–Crippen MR) is 82.2 cm³/mol. The van der Waals surface area contributed by atoms with E-state index in [1.807, 2.05) is 0 Å². The highest BCUT2D eigenvalue weighted by atomic mass is 16.1. The first kappa shape index (κ1) is 15.0. The highest BCUT2D eigenvalue weighted by Gasteiger charge is 2.25. The molecule has 5 heteroatoms. The van der Waals surface area contributed by atoms with Gasteiger partial charge in [0.25, 0.3) is 5.56 Å². The molecular weight excluding hydrogens is 252 g/mol. The van der Waals surface area contributed by atoms with Crippen molar-refractivity contribution in [2.24, 2.45) is 5.92 Å². The second kappa shape index (κ2) is 6.88. The Labute approximate surface area is 121 Å². The summed E-state index contributed by atoms with van der Waals surface area (Å²) in [7, 11) is 0. The van der Waals surface area contributed by atoms with Crippen molar-refractivity contribution < 1.29 is 0 Å². The Kier molecular flexibility index (Phi) is 5.17. The molecule has 2 rings (SSSR count). The van der Waals surface area contributed by atoms with Gasteiger partial charge in [-0.1, -0.05) is 20.8 Å². The molecule has 5 nitrogen and oxygen atoms in total. The molecule has 112 valence electrons. The summed E-state index contributed by atoms with van der Waals surface area (Å²) < 4.78 is 1.79. The number of nitrogens with one attached hydrogen (secondary N) is 1. The van der Waals surface area contributed by atoms with E-state index in [2.05, 4.69) is 36.0 Å². The number of anilines is 1. The van der Waals surface area contributed by atoms with Crippen LogP contribution in [0.5, 0.6) is 0 Å². The van der Waals surface area contributed by atoms with Crippen LogP contribution >= 0.6 is 0 Å². The Morgan fingerprint density at radius 1 is 1.55 bits per heavy atom. The van der Waals surface area contributed by atoms with Crippen LogP contribution in [0.3, 0.4) is 0 Å². The van der Waals surface area contributed by atoms with Gasteiger partial charge in [0, 0.05) is 38.1 Å². The molecule has 1 aliphatic rings. The van der Waals surface area contributed by atoms with Crippen molar-refractivity contribution in [3.05, 3.63) is 22.7 Å². The lowest BCUT2D eigenvalue weighted by Crippen LogP contribution is -2.42. The van der Waals surface area contributed by atoms with E-state index in [1.54, 1.807) is 17.0 Å². The molecule has 1 aliphatic heterocycles. The fourth-order valence-electron chi connectivity index (χ4n) is 2.78. The molecule has 1 unspecified atom stereocenters. The van der Waals surface area contributed by atoms with Crippen LogP contribution in [0.15, 0.2) is 17.2 Å². The van der Waals surface area contributed by atoms with Gasteiger partial charge in [-0.2, -0.15) is 0 Å². The highest BCUT2D eigenvalue weighted by molar-refractivity contribution is 5.37. The molecule has 0 spiro atoms. The van der Waals surface area contributed by atoms with Gasteiger partial charge in [-0.05, 0) is 25.3 Å². The van der Waals surface area contributed by atoms with Gasteiger partial charge in [0.2, 0.25) is 0 Å². The minimum atomic E-state index is 0.0431. The quantitative estimate of drug-likeness (QED) is 0.856. The minimum Gasteiger partial charge on any atom is -0.348 e. The SMILES string of the molecule is CCCN(c1nccn(CC(C)C)c1=O)C1CCNC1. The molecular formula is C15H26N4O. The zero-order valence-electron chi connectivity index (χ0n) is 12.8. The van der Waals surface area contributed by atoms with E-state index in [0.717, 1.165) is 39.0 Å². The van der Waals surface area contributed by atoms with Crippen molar-refractivity contribution in [3.8, 4) is 0 Å². The fourth-order valence-corrected chi connectivity index (χ4v) is 2.78. The van der Waals surface area contributed by atoms with Crippen molar-refractivity contribution >= 4 is 5.82 Å². The van der Waals surface area contributed by atoms with E-state index < -0.39 is 0 Å². The van der Waals surface area contributed by atoms with Crippen molar-refractivity contribution in [2.75, 3.05) is 24.5 Å². The molecule has 1 fully saturated rings. The van der Waals surface area contributed by atoms with Crippen LogP contribution in [0.1, 0.15) is 33.6 Å². The van der Waals surface area contributed by atoms with Gasteiger partial charge >= 0.3 is 0 Å². The lowest BCUT2D eigenvalue weighted by molar-refractivity contribution is 0.505. The summed E-state index contributed by atoms with van der Waals surface area (Å²) in [4.78, 5) is 19.2. The number of aromatic nitrogens is 2. The number of rotatable bonds is 6. The molecule has 0 amide bonds. The van der Waals surface area contributed by atoms with Crippen molar-refractivity contribution in [3.63, 3.8) is 0 Å². The van der Waals surface area contributed by atoms with Gasteiger partial charge in [-0.25, -0.2) is 4.98 Å². The first-order valence-electron chi connectivity index (χ1n) is 7.66. The second-order valence-electron chi connectivity index (χ2n) is 5.94. The van der Waals surface area contributed by atoms with Crippen LogP contribution in [0.4, 0.5) is 5.82 Å². The van der Waals surface area contributed by atoms with E-state index in [0.29, 0.717) is 17.8 Å². The average Bonchev–Trinajstić information content (AvgIpc) is 2.92. The van der Waals surface area contributed by atoms with Crippen molar-refractivity contribution in [1.82, 2.24) is 14.9 Å². The third-order valence-corrected chi connectivity index (χ3v) is 3.67. The predicted octanol–water partition coefficient (Wildman–Crippen LogP) is 1.48. The van der Waals surface area contributed by atoms with Crippen LogP contribution in [-0.4, -0.2) is 35.2 Å². The average molecular weight is 278 g/mol. The molecule has 2 heterocycles. The van der Waals surface area contributed by atoms with Gasteiger partial charge in [-0.15, -0.1) is 0 Å². The van der Waals surface area contributed by atoms with Crippen LogP contribution in [0, 0.1) is 5.92 Å². The van der Waals surface area contributed by atoms with E-state index >= 15 is 0 Å². The molecule has 0 bridgehead atoms. The van der Waals surface area contributed by atoms with Gasteiger partial charge in [0.05, 0.1) is 0 Å². The van der Waals surface area contributed by atoms with Gasteiger partial charge in [0.15, 0.2) is 5.82 Å². The second-order valence-corrected chi connectivity index (χ2v) is 5.94. The summed E-state index contributed by atoms with van der Waals surface area (Å²) in [6.45, 7) is 10.00. The molecule has 1 atom stereocenters. The number of hydrogen-bond acceptors (Lipinski definition) is 4. The first-order valence-corrected chi connectivity index (χ1v) is 7.66. The molecule has 0 aromatic carbocycles. The standard InChI is InChI=1S/C15H26N4O/c1-4-8-19(13-5-6-16-10-13)14-15(20)18(9-7-17-14)11-12(2)3/h7,9,12-13,16H,4-6,8,10-11H2,1-3H3. The molecule has 20 heavy (non-hydrogen) atoms. The maximum absolute atomic E-state index is 12.6. The summed E-state index contributed by atoms with van der Waals surface area (Å²) in [5.74, 6) is 1.07. The van der Waals surface area contributed by atoms with Gasteiger partial charge in [0.1, 0.15) is 0 Å². The summed E-state index contributed by atoms with van der Waals surface area (Å²) in [5.41, 5.74) is 0.0431. The van der Waals surface area contributed by atoms with E-state index in [4.69, 9.17) is 0 Å². The van der Waals surface area contributed by atoms with E-state index in [9.17, 15) is 4.79 Å². The number of nitrogens with zero attached hydrogens (tertiary/aromatic N) is 3. The van der Waals surface area contributed by atoms with Crippen LogP contribution in [0.25, 0.3) is 0 Å². The smallest absolute Gasteiger partial charge is 0.293 e.